The topological polar surface area (TPSA) is 12.0 Å². The highest BCUT2D eigenvalue weighted by atomic mass is 79.9. The third-order valence-electron chi connectivity index (χ3n) is 2.61. The van der Waals surface area contributed by atoms with Crippen molar-refractivity contribution in [2.45, 2.75) is 26.7 Å². The van der Waals surface area contributed by atoms with Gasteiger partial charge in [0.1, 0.15) is 0 Å². The summed E-state index contributed by atoms with van der Waals surface area (Å²) in [5.41, 5.74) is 1.42. The second kappa shape index (κ2) is 7.02. The van der Waals surface area contributed by atoms with Crippen LogP contribution in [0.15, 0.2) is 28.7 Å². The Balaban J connectivity index is 2.33. The Labute approximate surface area is 101 Å². The van der Waals surface area contributed by atoms with Crippen molar-refractivity contribution in [1.29, 1.82) is 0 Å². The summed E-state index contributed by atoms with van der Waals surface area (Å²) in [6.45, 7) is 6.65. The Morgan fingerprint density at radius 1 is 1.33 bits per heavy atom. The standard InChI is InChI=1S/C13H20BrN/c1-3-15-10-11(2)8-9-12-6-4-5-7-13(12)14/h4-7,11,15H,3,8-10H2,1-2H3. The van der Waals surface area contributed by atoms with E-state index in [0.717, 1.165) is 25.4 Å². The molecule has 1 N–H and O–H groups in total. The lowest BCUT2D eigenvalue weighted by Crippen LogP contribution is -2.20. The average molecular weight is 270 g/mol. The lowest BCUT2D eigenvalue weighted by molar-refractivity contribution is 0.489. The monoisotopic (exact) mass is 269 g/mol. The molecule has 1 aromatic carbocycles. The first kappa shape index (κ1) is 12.7. The minimum absolute atomic E-state index is 0.747. The molecule has 1 atom stereocenters. The fraction of sp³-hybridized carbons (Fsp3) is 0.538. The molecule has 0 aliphatic carbocycles. The first-order chi connectivity index (χ1) is 7.24. The van der Waals surface area contributed by atoms with E-state index in [1.54, 1.807) is 0 Å². The fourth-order valence-corrected chi connectivity index (χ4v) is 2.08. The van der Waals surface area contributed by atoms with Gasteiger partial charge in [0.2, 0.25) is 0 Å². The number of hydrogen-bond acceptors (Lipinski definition) is 1. The van der Waals surface area contributed by atoms with Gasteiger partial charge in [-0.1, -0.05) is 48.0 Å². The van der Waals surface area contributed by atoms with Crippen molar-refractivity contribution in [3.05, 3.63) is 34.3 Å². The fourth-order valence-electron chi connectivity index (χ4n) is 1.60. The summed E-state index contributed by atoms with van der Waals surface area (Å²) in [5, 5.41) is 3.39. The highest BCUT2D eigenvalue weighted by Crippen LogP contribution is 2.18. The Bertz CT molecular complexity index is 286. The predicted molar refractivity (Wildman–Crippen MR) is 70.2 cm³/mol. The Morgan fingerprint density at radius 2 is 2.07 bits per heavy atom. The molecule has 15 heavy (non-hydrogen) atoms. The van der Waals surface area contributed by atoms with E-state index in [-0.39, 0.29) is 0 Å². The van der Waals surface area contributed by atoms with Crippen LogP contribution in [-0.2, 0) is 6.42 Å². The van der Waals surface area contributed by atoms with Gasteiger partial charge in [-0.3, -0.25) is 0 Å². The normalized spacial score (nSPS) is 12.7. The lowest BCUT2D eigenvalue weighted by atomic mass is 10.0. The molecule has 84 valence electrons. The van der Waals surface area contributed by atoms with E-state index in [0.29, 0.717) is 0 Å². The molecule has 2 heteroatoms. The summed E-state index contributed by atoms with van der Waals surface area (Å²) < 4.78 is 1.24. The Morgan fingerprint density at radius 3 is 2.73 bits per heavy atom. The molecule has 0 saturated carbocycles. The highest BCUT2D eigenvalue weighted by Gasteiger charge is 2.03. The third kappa shape index (κ3) is 4.80. The molecule has 0 saturated heterocycles. The van der Waals surface area contributed by atoms with E-state index in [1.807, 2.05) is 0 Å². The molecule has 1 unspecified atom stereocenters. The van der Waals surface area contributed by atoms with Gasteiger partial charge in [-0.2, -0.15) is 0 Å². The molecule has 0 spiro atoms. The summed E-state index contributed by atoms with van der Waals surface area (Å²) >= 11 is 3.58. The van der Waals surface area contributed by atoms with E-state index >= 15 is 0 Å². The third-order valence-corrected chi connectivity index (χ3v) is 3.38. The van der Waals surface area contributed by atoms with E-state index < -0.39 is 0 Å². The van der Waals surface area contributed by atoms with Crippen LogP contribution in [-0.4, -0.2) is 13.1 Å². The van der Waals surface area contributed by atoms with Gasteiger partial charge in [0, 0.05) is 4.47 Å². The molecule has 1 nitrogen and oxygen atoms in total. The molecule has 0 aromatic heterocycles. The molecule has 0 fully saturated rings. The average Bonchev–Trinajstić information content (AvgIpc) is 2.25. The second-order valence-electron chi connectivity index (χ2n) is 4.04. The van der Waals surface area contributed by atoms with E-state index in [4.69, 9.17) is 0 Å². The van der Waals surface area contributed by atoms with Gasteiger partial charge in [0.25, 0.3) is 0 Å². The van der Waals surface area contributed by atoms with E-state index in [2.05, 4.69) is 59.4 Å². The van der Waals surface area contributed by atoms with Gasteiger partial charge >= 0.3 is 0 Å². The number of aryl methyl sites for hydroxylation is 1. The molecule has 0 amide bonds. The van der Waals surface area contributed by atoms with Crippen LogP contribution < -0.4 is 5.32 Å². The first-order valence-corrected chi connectivity index (χ1v) is 6.47. The van der Waals surface area contributed by atoms with Gasteiger partial charge in [0.05, 0.1) is 0 Å². The van der Waals surface area contributed by atoms with Gasteiger partial charge in [-0.25, -0.2) is 0 Å². The summed E-state index contributed by atoms with van der Waals surface area (Å²) in [4.78, 5) is 0. The van der Waals surface area contributed by atoms with Gasteiger partial charge < -0.3 is 5.32 Å². The van der Waals surface area contributed by atoms with Crippen molar-refractivity contribution in [3.8, 4) is 0 Å². The van der Waals surface area contributed by atoms with E-state index in [1.165, 1.54) is 16.5 Å². The minimum Gasteiger partial charge on any atom is -0.317 e. The Kier molecular flexibility index (Phi) is 5.96. The molecule has 1 aromatic rings. The van der Waals surface area contributed by atoms with Crippen LogP contribution >= 0.6 is 15.9 Å². The van der Waals surface area contributed by atoms with Crippen LogP contribution in [0, 0.1) is 5.92 Å². The quantitative estimate of drug-likeness (QED) is 0.832. The zero-order valence-electron chi connectivity index (χ0n) is 9.59. The maximum absolute atomic E-state index is 3.58. The lowest BCUT2D eigenvalue weighted by Gasteiger charge is -2.12. The van der Waals surface area contributed by atoms with Crippen LogP contribution in [0.1, 0.15) is 25.8 Å². The van der Waals surface area contributed by atoms with Gasteiger partial charge in [-0.05, 0) is 43.5 Å². The summed E-state index contributed by atoms with van der Waals surface area (Å²) in [6.07, 6.45) is 2.41. The number of rotatable bonds is 6. The highest BCUT2D eigenvalue weighted by molar-refractivity contribution is 9.10. The van der Waals surface area contributed by atoms with Crippen molar-refractivity contribution < 1.29 is 0 Å². The van der Waals surface area contributed by atoms with Crippen molar-refractivity contribution >= 4 is 15.9 Å². The van der Waals surface area contributed by atoms with Crippen LogP contribution in [0.25, 0.3) is 0 Å². The van der Waals surface area contributed by atoms with Crippen molar-refractivity contribution in [3.63, 3.8) is 0 Å². The minimum atomic E-state index is 0.747. The largest absolute Gasteiger partial charge is 0.317 e. The van der Waals surface area contributed by atoms with Crippen molar-refractivity contribution in [2.75, 3.05) is 13.1 Å². The zero-order chi connectivity index (χ0) is 11.1. The molecule has 0 aliphatic rings. The molecule has 0 bridgehead atoms. The van der Waals surface area contributed by atoms with Gasteiger partial charge in [-0.15, -0.1) is 0 Å². The summed E-state index contributed by atoms with van der Waals surface area (Å²) in [7, 11) is 0. The molecule has 0 aliphatic heterocycles. The molecular formula is C13H20BrN. The van der Waals surface area contributed by atoms with Crippen LogP contribution in [0.4, 0.5) is 0 Å². The van der Waals surface area contributed by atoms with Crippen molar-refractivity contribution in [2.24, 2.45) is 5.92 Å². The Hall–Kier alpha value is -0.340. The summed E-state index contributed by atoms with van der Waals surface area (Å²) in [5.74, 6) is 0.747. The number of hydrogen-bond donors (Lipinski definition) is 1. The predicted octanol–water partition coefficient (Wildman–Crippen LogP) is 3.63. The first-order valence-electron chi connectivity index (χ1n) is 5.68. The van der Waals surface area contributed by atoms with Crippen LogP contribution in [0.2, 0.25) is 0 Å². The second-order valence-corrected chi connectivity index (χ2v) is 4.90. The number of benzene rings is 1. The molecule has 0 heterocycles. The van der Waals surface area contributed by atoms with Crippen molar-refractivity contribution in [1.82, 2.24) is 5.32 Å². The summed E-state index contributed by atoms with van der Waals surface area (Å²) in [6, 6.07) is 8.49. The van der Waals surface area contributed by atoms with Crippen LogP contribution in [0.3, 0.4) is 0 Å². The molecule has 0 radical (unpaired) electrons. The van der Waals surface area contributed by atoms with Crippen LogP contribution in [0.5, 0.6) is 0 Å². The number of halogens is 1. The molecular weight excluding hydrogens is 250 g/mol. The molecule has 1 rings (SSSR count). The zero-order valence-corrected chi connectivity index (χ0v) is 11.2. The maximum atomic E-state index is 3.58. The van der Waals surface area contributed by atoms with Gasteiger partial charge in [0.15, 0.2) is 0 Å². The maximum Gasteiger partial charge on any atom is 0.0207 e. The number of nitrogens with one attached hydrogen (secondary N) is 1. The SMILES string of the molecule is CCNCC(C)CCc1ccccc1Br. The smallest absolute Gasteiger partial charge is 0.0207 e. The van der Waals surface area contributed by atoms with E-state index in [9.17, 15) is 0 Å².